The number of ether oxygens (including phenoxy) is 1. The van der Waals surface area contributed by atoms with Crippen LogP contribution in [0.2, 0.25) is 0 Å². The van der Waals surface area contributed by atoms with Crippen LogP contribution in [0.15, 0.2) is 42.5 Å². The Labute approximate surface area is 118 Å². The van der Waals surface area contributed by atoms with Gasteiger partial charge in [-0.2, -0.15) is 0 Å². The summed E-state index contributed by atoms with van der Waals surface area (Å²) < 4.78 is 18.8. The molecule has 3 heteroatoms. The van der Waals surface area contributed by atoms with Gasteiger partial charge in [0.05, 0.1) is 12.1 Å². The largest absolute Gasteiger partial charge is 0.488 e. The smallest absolute Gasteiger partial charge is 0.135 e. The summed E-state index contributed by atoms with van der Waals surface area (Å²) in [5.74, 6) is 6.22. The maximum Gasteiger partial charge on any atom is 0.135 e. The number of halogens is 1. The third-order valence-corrected chi connectivity index (χ3v) is 2.74. The highest BCUT2D eigenvalue weighted by molar-refractivity contribution is 5.48. The molecule has 2 aromatic carbocycles. The molecule has 2 nitrogen and oxygen atoms in total. The molecule has 0 heterocycles. The summed E-state index contributed by atoms with van der Waals surface area (Å²) in [7, 11) is 0. The lowest BCUT2D eigenvalue weighted by Gasteiger charge is -2.09. The molecule has 0 radical (unpaired) electrons. The molecule has 0 amide bonds. The van der Waals surface area contributed by atoms with E-state index in [4.69, 9.17) is 10.5 Å². The lowest BCUT2D eigenvalue weighted by molar-refractivity contribution is 0.304. The highest BCUT2D eigenvalue weighted by atomic mass is 19.1. The van der Waals surface area contributed by atoms with E-state index in [0.29, 0.717) is 18.9 Å². The van der Waals surface area contributed by atoms with E-state index in [9.17, 15) is 4.39 Å². The second kappa shape index (κ2) is 6.74. The molecule has 0 aliphatic carbocycles. The van der Waals surface area contributed by atoms with Crippen molar-refractivity contribution in [2.45, 2.75) is 13.5 Å². The molecule has 0 aliphatic heterocycles. The number of benzene rings is 2. The first-order valence-corrected chi connectivity index (χ1v) is 6.36. The molecule has 2 N–H and O–H groups in total. The Morgan fingerprint density at radius 1 is 1.20 bits per heavy atom. The highest BCUT2D eigenvalue weighted by Crippen LogP contribution is 2.20. The van der Waals surface area contributed by atoms with Gasteiger partial charge in [0.15, 0.2) is 0 Å². The van der Waals surface area contributed by atoms with E-state index in [-0.39, 0.29) is 5.82 Å². The van der Waals surface area contributed by atoms with Crippen molar-refractivity contribution in [1.29, 1.82) is 0 Å². The predicted molar refractivity (Wildman–Crippen MR) is 77.8 cm³/mol. The first-order valence-electron chi connectivity index (χ1n) is 6.36. The fourth-order valence-corrected chi connectivity index (χ4v) is 1.80. The second-order valence-electron chi connectivity index (χ2n) is 4.42. The molecule has 0 atom stereocenters. The fraction of sp³-hybridized carbons (Fsp3) is 0.176. The number of hydrogen-bond acceptors (Lipinski definition) is 2. The van der Waals surface area contributed by atoms with E-state index in [0.717, 1.165) is 16.7 Å². The van der Waals surface area contributed by atoms with Gasteiger partial charge in [0.2, 0.25) is 0 Å². The van der Waals surface area contributed by atoms with Gasteiger partial charge in [-0.3, -0.25) is 0 Å². The van der Waals surface area contributed by atoms with Crippen molar-refractivity contribution in [3.63, 3.8) is 0 Å². The molecule has 0 unspecified atom stereocenters. The van der Waals surface area contributed by atoms with E-state index in [1.54, 1.807) is 6.07 Å². The molecule has 2 rings (SSSR count). The normalized spacial score (nSPS) is 9.75. The Bertz CT molecular complexity index is 656. The van der Waals surface area contributed by atoms with Crippen molar-refractivity contribution in [2.75, 3.05) is 6.54 Å². The van der Waals surface area contributed by atoms with Crippen LogP contribution < -0.4 is 10.5 Å². The van der Waals surface area contributed by atoms with Gasteiger partial charge in [-0.05, 0) is 42.3 Å². The summed E-state index contributed by atoms with van der Waals surface area (Å²) in [6.45, 7) is 2.60. The van der Waals surface area contributed by atoms with Gasteiger partial charge in [0, 0.05) is 0 Å². The molecular weight excluding hydrogens is 253 g/mol. The Morgan fingerprint density at radius 2 is 2.05 bits per heavy atom. The summed E-state index contributed by atoms with van der Waals surface area (Å²) in [5.41, 5.74) is 8.07. The van der Waals surface area contributed by atoms with Crippen LogP contribution in [-0.4, -0.2) is 6.54 Å². The summed E-state index contributed by atoms with van der Waals surface area (Å²) >= 11 is 0. The summed E-state index contributed by atoms with van der Waals surface area (Å²) in [6.07, 6.45) is 0. The second-order valence-corrected chi connectivity index (χ2v) is 4.42. The quantitative estimate of drug-likeness (QED) is 0.869. The van der Waals surface area contributed by atoms with Gasteiger partial charge >= 0.3 is 0 Å². The van der Waals surface area contributed by atoms with Crippen LogP contribution in [0, 0.1) is 24.6 Å². The van der Waals surface area contributed by atoms with E-state index >= 15 is 0 Å². The molecule has 0 aliphatic rings. The molecule has 2 aromatic rings. The predicted octanol–water partition coefficient (Wildman–Crippen LogP) is 3.02. The van der Waals surface area contributed by atoms with Gasteiger partial charge in [0.25, 0.3) is 0 Å². The average Bonchev–Trinajstić information content (AvgIpc) is 2.44. The first-order chi connectivity index (χ1) is 9.69. The van der Waals surface area contributed by atoms with Crippen LogP contribution in [0.1, 0.15) is 16.7 Å². The van der Waals surface area contributed by atoms with Crippen LogP contribution in [-0.2, 0) is 6.61 Å². The maximum atomic E-state index is 13.1. The topological polar surface area (TPSA) is 35.2 Å². The van der Waals surface area contributed by atoms with Crippen LogP contribution in [0.5, 0.6) is 5.75 Å². The molecular formula is C17H16FNO. The summed E-state index contributed by atoms with van der Waals surface area (Å²) in [6, 6.07) is 12.1. The molecule has 0 fully saturated rings. The van der Waals surface area contributed by atoms with Crippen LogP contribution >= 0.6 is 0 Å². The minimum Gasteiger partial charge on any atom is -0.488 e. The summed E-state index contributed by atoms with van der Waals surface area (Å²) in [5, 5.41) is 0. The zero-order chi connectivity index (χ0) is 14.4. The molecule has 0 bridgehead atoms. The standard InChI is InChI=1S/C17H16FNO/c1-13-7-8-17(15(10-13)5-3-9-19)20-12-14-4-2-6-16(18)11-14/h2,4,6-8,10-11H,9,12,19H2,1H3. The van der Waals surface area contributed by atoms with Crippen molar-refractivity contribution >= 4 is 0 Å². The highest BCUT2D eigenvalue weighted by Gasteiger charge is 2.03. The van der Waals surface area contributed by atoms with Gasteiger partial charge in [0.1, 0.15) is 18.2 Å². The van der Waals surface area contributed by atoms with E-state index in [1.165, 1.54) is 12.1 Å². The van der Waals surface area contributed by atoms with Gasteiger partial charge in [-0.1, -0.05) is 30.0 Å². The van der Waals surface area contributed by atoms with Gasteiger partial charge in [-0.25, -0.2) is 4.39 Å². The van der Waals surface area contributed by atoms with Crippen molar-refractivity contribution in [1.82, 2.24) is 0 Å². The third-order valence-electron chi connectivity index (χ3n) is 2.74. The van der Waals surface area contributed by atoms with E-state index in [2.05, 4.69) is 11.8 Å². The third kappa shape index (κ3) is 3.84. The molecule has 0 aromatic heterocycles. The average molecular weight is 269 g/mol. The zero-order valence-electron chi connectivity index (χ0n) is 11.3. The SMILES string of the molecule is Cc1ccc(OCc2cccc(F)c2)c(C#CCN)c1. The number of rotatable bonds is 3. The van der Waals surface area contributed by atoms with Crippen LogP contribution in [0.3, 0.4) is 0 Å². The van der Waals surface area contributed by atoms with Crippen molar-refractivity contribution in [2.24, 2.45) is 5.73 Å². The lowest BCUT2D eigenvalue weighted by Crippen LogP contribution is -1.99. The number of aryl methyl sites for hydroxylation is 1. The van der Waals surface area contributed by atoms with Crippen LogP contribution in [0.25, 0.3) is 0 Å². The van der Waals surface area contributed by atoms with Gasteiger partial charge < -0.3 is 10.5 Å². The molecule has 0 spiro atoms. The monoisotopic (exact) mass is 269 g/mol. The van der Waals surface area contributed by atoms with Crippen molar-refractivity contribution in [3.05, 3.63) is 65.0 Å². The Balaban J connectivity index is 2.16. The summed E-state index contributed by atoms with van der Waals surface area (Å²) in [4.78, 5) is 0. The van der Waals surface area contributed by atoms with E-state index in [1.807, 2.05) is 31.2 Å². The Hall–Kier alpha value is -2.31. The molecule has 20 heavy (non-hydrogen) atoms. The van der Waals surface area contributed by atoms with Crippen LogP contribution in [0.4, 0.5) is 4.39 Å². The Kier molecular flexibility index (Phi) is 4.75. The minimum absolute atomic E-state index is 0.266. The van der Waals surface area contributed by atoms with Crippen molar-refractivity contribution in [3.8, 4) is 17.6 Å². The molecule has 102 valence electrons. The van der Waals surface area contributed by atoms with Gasteiger partial charge in [-0.15, -0.1) is 0 Å². The van der Waals surface area contributed by atoms with E-state index < -0.39 is 0 Å². The number of hydrogen-bond donors (Lipinski definition) is 1. The first kappa shape index (κ1) is 14.1. The van der Waals surface area contributed by atoms with Crippen molar-refractivity contribution < 1.29 is 9.13 Å². The zero-order valence-corrected chi connectivity index (χ0v) is 11.3. The lowest BCUT2D eigenvalue weighted by atomic mass is 10.1. The Morgan fingerprint density at radius 3 is 2.80 bits per heavy atom. The molecule has 0 saturated carbocycles. The number of nitrogens with two attached hydrogens (primary N) is 1. The fourth-order valence-electron chi connectivity index (χ4n) is 1.80. The molecule has 0 saturated heterocycles. The minimum atomic E-state index is -0.266. The maximum absolute atomic E-state index is 13.1.